The second kappa shape index (κ2) is 7.01. The molecule has 118 valence electrons. The van der Waals surface area contributed by atoms with Crippen molar-refractivity contribution in [2.24, 2.45) is 4.99 Å². The number of benzene rings is 2. The third-order valence-corrected chi connectivity index (χ3v) is 5.03. The highest BCUT2D eigenvalue weighted by Crippen LogP contribution is 2.41. The van der Waals surface area contributed by atoms with E-state index in [9.17, 15) is 4.79 Å². The van der Waals surface area contributed by atoms with Crippen LogP contribution in [0.4, 0.5) is 5.69 Å². The highest BCUT2D eigenvalue weighted by Gasteiger charge is 2.18. The lowest BCUT2D eigenvalue weighted by atomic mass is 10.0. The Morgan fingerprint density at radius 1 is 1.17 bits per heavy atom. The normalized spacial score (nSPS) is 12.7. The number of hydrogen-bond acceptors (Lipinski definition) is 3. The van der Waals surface area contributed by atoms with Crippen molar-refractivity contribution in [1.29, 1.82) is 0 Å². The Hall–Kier alpha value is -2.07. The maximum absolute atomic E-state index is 11.9. The van der Waals surface area contributed by atoms with Gasteiger partial charge in [-0.05, 0) is 37.1 Å². The molecule has 0 saturated carbocycles. The minimum atomic E-state index is -0.0788. The maximum Gasteiger partial charge on any atom is 0.251 e. The van der Waals surface area contributed by atoms with Gasteiger partial charge in [-0.1, -0.05) is 43.3 Å². The molecule has 0 aliphatic carbocycles. The van der Waals surface area contributed by atoms with Crippen molar-refractivity contribution in [3.05, 3.63) is 53.6 Å². The van der Waals surface area contributed by atoms with E-state index >= 15 is 0 Å². The second-order valence-corrected chi connectivity index (χ2v) is 6.61. The van der Waals surface area contributed by atoms with Crippen LogP contribution in [-0.2, 0) is 0 Å². The molecule has 0 spiro atoms. The zero-order chi connectivity index (χ0) is 16.2. The van der Waals surface area contributed by atoms with E-state index in [2.05, 4.69) is 36.5 Å². The minimum absolute atomic E-state index is 0.0788. The first kappa shape index (κ1) is 15.8. The molecule has 3 rings (SSSR count). The highest BCUT2D eigenvalue weighted by atomic mass is 32.2. The first-order valence-corrected chi connectivity index (χ1v) is 8.75. The molecule has 2 aromatic carbocycles. The second-order valence-electron chi connectivity index (χ2n) is 5.52. The number of rotatable bonds is 4. The van der Waals surface area contributed by atoms with Gasteiger partial charge in [-0.2, -0.15) is 0 Å². The highest BCUT2D eigenvalue weighted by molar-refractivity contribution is 7.99. The summed E-state index contributed by atoms with van der Waals surface area (Å²) in [6.45, 7) is 2.19. The molecule has 0 bridgehead atoms. The van der Waals surface area contributed by atoms with Gasteiger partial charge in [0.15, 0.2) is 0 Å². The molecule has 0 radical (unpaired) electrons. The average Bonchev–Trinajstić information content (AvgIpc) is 2.75. The molecule has 1 amide bonds. The monoisotopic (exact) mass is 324 g/mol. The fraction of sp³-hybridized carbons (Fsp3) is 0.263. The first-order chi connectivity index (χ1) is 11.2. The van der Waals surface area contributed by atoms with Crippen LogP contribution in [0.15, 0.2) is 57.2 Å². The van der Waals surface area contributed by atoms with Crippen LogP contribution in [0, 0.1) is 0 Å². The Kier molecular flexibility index (Phi) is 4.82. The lowest BCUT2D eigenvalue weighted by Gasteiger charge is -2.07. The van der Waals surface area contributed by atoms with Gasteiger partial charge < -0.3 is 5.32 Å². The van der Waals surface area contributed by atoms with E-state index in [-0.39, 0.29) is 5.91 Å². The van der Waals surface area contributed by atoms with Gasteiger partial charge in [0.05, 0.1) is 5.69 Å². The molecule has 0 fully saturated rings. The molecular weight excluding hydrogens is 304 g/mol. The summed E-state index contributed by atoms with van der Waals surface area (Å²) in [4.78, 5) is 19.1. The van der Waals surface area contributed by atoms with Crippen molar-refractivity contribution >= 4 is 29.1 Å². The van der Waals surface area contributed by atoms with E-state index in [1.54, 1.807) is 18.8 Å². The molecular formula is C19H20N2OS. The lowest BCUT2D eigenvalue weighted by molar-refractivity contribution is 0.0963. The van der Waals surface area contributed by atoms with Gasteiger partial charge in [0, 0.05) is 33.7 Å². The molecule has 3 nitrogen and oxygen atoms in total. The van der Waals surface area contributed by atoms with E-state index in [0.29, 0.717) is 5.56 Å². The summed E-state index contributed by atoms with van der Waals surface area (Å²) in [6, 6.07) is 14.2. The van der Waals surface area contributed by atoms with Crippen molar-refractivity contribution in [3.8, 4) is 0 Å². The van der Waals surface area contributed by atoms with Crippen LogP contribution in [0.1, 0.15) is 42.1 Å². The molecule has 2 aromatic rings. The SMILES string of the molecule is CCCCC1=Nc2cc(C(=O)NC)ccc2Sc2ccccc21. The number of aliphatic imine (C=N–C) groups is 1. The van der Waals surface area contributed by atoms with Gasteiger partial charge in [-0.15, -0.1) is 0 Å². The maximum atomic E-state index is 11.9. The van der Waals surface area contributed by atoms with E-state index < -0.39 is 0 Å². The van der Waals surface area contributed by atoms with Crippen molar-refractivity contribution < 1.29 is 4.79 Å². The first-order valence-electron chi connectivity index (χ1n) is 7.94. The Balaban J connectivity index is 2.10. The molecule has 0 unspecified atom stereocenters. The largest absolute Gasteiger partial charge is 0.355 e. The number of amides is 1. The molecule has 1 heterocycles. The van der Waals surface area contributed by atoms with Crippen LogP contribution in [0.2, 0.25) is 0 Å². The summed E-state index contributed by atoms with van der Waals surface area (Å²) in [6.07, 6.45) is 3.21. The Labute approximate surface area is 141 Å². The molecule has 1 aliphatic heterocycles. The summed E-state index contributed by atoms with van der Waals surface area (Å²) < 4.78 is 0. The average molecular weight is 324 g/mol. The number of carbonyl (C=O) groups is 1. The zero-order valence-electron chi connectivity index (χ0n) is 13.4. The Morgan fingerprint density at radius 3 is 2.78 bits per heavy atom. The number of fused-ring (bicyclic) bond motifs is 2. The third kappa shape index (κ3) is 3.32. The summed E-state index contributed by atoms with van der Waals surface area (Å²) in [7, 11) is 1.65. The predicted molar refractivity (Wildman–Crippen MR) is 96.1 cm³/mol. The molecule has 4 heteroatoms. The fourth-order valence-corrected chi connectivity index (χ4v) is 3.65. The number of hydrogen-bond donors (Lipinski definition) is 1. The van der Waals surface area contributed by atoms with Gasteiger partial charge in [0.25, 0.3) is 5.91 Å². The van der Waals surface area contributed by atoms with Crippen molar-refractivity contribution in [2.75, 3.05) is 7.05 Å². The van der Waals surface area contributed by atoms with Crippen LogP contribution in [0.5, 0.6) is 0 Å². The van der Waals surface area contributed by atoms with Crippen molar-refractivity contribution in [2.45, 2.75) is 36.0 Å². The molecule has 1 N–H and O–H groups in total. The third-order valence-electron chi connectivity index (χ3n) is 3.89. The summed E-state index contributed by atoms with van der Waals surface area (Å²) in [5.74, 6) is -0.0788. The topological polar surface area (TPSA) is 41.5 Å². The van der Waals surface area contributed by atoms with E-state index in [0.717, 1.165) is 35.6 Å². The van der Waals surface area contributed by atoms with Gasteiger partial charge in [0.1, 0.15) is 0 Å². The fourth-order valence-electron chi connectivity index (χ4n) is 2.63. The minimum Gasteiger partial charge on any atom is -0.355 e. The number of carbonyl (C=O) groups excluding carboxylic acids is 1. The number of unbranched alkanes of at least 4 members (excludes halogenated alkanes) is 1. The van der Waals surface area contributed by atoms with Crippen LogP contribution >= 0.6 is 11.8 Å². The lowest BCUT2D eigenvalue weighted by Crippen LogP contribution is -2.17. The summed E-state index contributed by atoms with van der Waals surface area (Å²) >= 11 is 1.72. The van der Waals surface area contributed by atoms with E-state index in [4.69, 9.17) is 4.99 Å². The van der Waals surface area contributed by atoms with Gasteiger partial charge in [-0.3, -0.25) is 9.79 Å². The molecule has 0 saturated heterocycles. The van der Waals surface area contributed by atoms with Crippen molar-refractivity contribution in [3.63, 3.8) is 0 Å². The van der Waals surface area contributed by atoms with Gasteiger partial charge >= 0.3 is 0 Å². The number of nitrogens with one attached hydrogen (secondary N) is 1. The van der Waals surface area contributed by atoms with Crippen LogP contribution in [0.25, 0.3) is 0 Å². The molecule has 23 heavy (non-hydrogen) atoms. The summed E-state index contributed by atoms with van der Waals surface area (Å²) in [5, 5.41) is 2.67. The molecule has 0 aromatic heterocycles. The van der Waals surface area contributed by atoms with Gasteiger partial charge in [-0.25, -0.2) is 0 Å². The Bertz CT molecular complexity index is 768. The smallest absolute Gasteiger partial charge is 0.251 e. The van der Waals surface area contributed by atoms with Crippen LogP contribution < -0.4 is 5.32 Å². The van der Waals surface area contributed by atoms with E-state index in [1.165, 1.54) is 10.5 Å². The standard InChI is InChI=1S/C19H20N2OS/c1-3-4-8-15-14-7-5-6-9-17(14)23-18-11-10-13(19(22)20-2)12-16(18)21-15/h5-7,9-12H,3-4,8H2,1-2H3,(H,20,22). The zero-order valence-corrected chi connectivity index (χ0v) is 14.2. The van der Waals surface area contributed by atoms with Crippen LogP contribution in [0.3, 0.4) is 0 Å². The van der Waals surface area contributed by atoms with Gasteiger partial charge in [0.2, 0.25) is 0 Å². The van der Waals surface area contributed by atoms with Crippen molar-refractivity contribution in [1.82, 2.24) is 5.32 Å². The Morgan fingerprint density at radius 2 is 2.00 bits per heavy atom. The molecule has 1 aliphatic rings. The molecule has 0 atom stereocenters. The summed E-state index contributed by atoms with van der Waals surface area (Å²) in [5.41, 5.74) is 3.86. The quantitative estimate of drug-likeness (QED) is 0.876. The van der Waals surface area contributed by atoms with E-state index in [1.807, 2.05) is 18.2 Å². The van der Waals surface area contributed by atoms with Crippen LogP contribution in [-0.4, -0.2) is 18.7 Å². The number of nitrogens with zero attached hydrogens (tertiary/aromatic N) is 1. The predicted octanol–water partition coefficient (Wildman–Crippen LogP) is 4.82.